The van der Waals surface area contributed by atoms with Crippen LogP contribution in [0.5, 0.6) is 5.75 Å². The Labute approximate surface area is 216 Å². The average molecular weight is 510 g/mol. The van der Waals surface area contributed by atoms with Crippen molar-refractivity contribution in [1.29, 1.82) is 0 Å². The van der Waals surface area contributed by atoms with Gasteiger partial charge in [-0.1, -0.05) is 24.3 Å². The maximum Gasteiger partial charge on any atom is 0.318 e. The topological polar surface area (TPSA) is 73.8 Å². The molecule has 196 valence electrons. The van der Waals surface area contributed by atoms with Gasteiger partial charge in [0.1, 0.15) is 23.0 Å². The zero-order valence-electron chi connectivity index (χ0n) is 20.9. The van der Waals surface area contributed by atoms with E-state index in [-0.39, 0.29) is 23.6 Å². The molecule has 8 heteroatoms. The van der Waals surface area contributed by atoms with Crippen molar-refractivity contribution in [3.05, 3.63) is 95.6 Å². The number of benzene rings is 3. The molecule has 6 nitrogen and oxygen atoms in total. The largest absolute Gasteiger partial charge is 0.494 e. The van der Waals surface area contributed by atoms with Crippen molar-refractivity contribution in [2.45, 2.75) is 24.9 Å². The number of nitrogens with zero attached hydrogens (tertiary/aromatic N) is 1. The van der Waals surface area contributed by atoms with Gasteiger partial charge in [0.05, 0.1) is 6.61 Å². The molecule has 3 aromatic rings. The number of hydrogen-bond donors (Lipinski definition) is 3. The normalized spacial score (nSPS) is 14.8. The number of carbonyl (C=O) groups is 1. The number of anilines is 1. The molecule has 0 atom stereocenters. The van der Waals surface area contributed by atoms with Gasteiger partial charge in [0.2, 0.25) is 0 Å². The fraction of sp³-hybridized carbons (Fsp3) is 0.345. The molecule has 2 amide bonds. The van der Waals surface area contributed by atoms with Gasteiger partial charge in [-0.2, -0.15) is 0 Å². The number of halogens is 2. The SMILES string of the molecule is CNC(=O)Nc1ccc(OCCCN2CCC(C(O)(c3ccc(F)cc3)c3ccc(F)cc3)CC2)cc1. The number of aliphatic hydroxyl groups is 1. The lowest BCUT2D eigenvalue weighted by Crippen LogP contribution is -2.44. The molecule has 1 aliphatic heterocycles. The number of nitrogens with one attached hydrogen (secondary N) is 2. The monoisotopic (exact) mass is 509 g/mol. The maximum absolute atomic E-state index is 13.6. The van der Waals surface area contributed by atoms with Crippen LogP contribution in [0.3, 0.4) is 0 Å². The predicted octanol–water partition coefficient (Wildman–Crippen LogP) is 5.13. The van der Waals surface area contributed by atoms with E-state index in [1.54, 1.807) is 43.4 Å². The fourth-order valence-electron chi connectivity index (χ4n) is 4.93. The second-order valence-electron chi connectivity index (χ2n) is 9.33. The molecule has 0 unspecified atom stereocenters. The van der Waals surface area contributed by atoms with Gasteiger partial charge < -0.3 is 25.4 Å². The third kappa shape index (κ3) is 6.64. The van der Waals surface area contributed by atoms with Gasteiger partial charge in [-0.05, 0) is 97.9 Å². The number of urea groups is 1. The summed E-state index contributed by atoms with van der Waals surface area (Å²) in [7, 11) is 1.56. The van der Waals surface area contributed by atoms with Crippen molar-refractivity contribution in [1.82, 2.24) is 10.2 Å². The molecule has 0 aromatic heterocycles. The summed E-state index contributed by atoms with van der Waals surface area (Å²) in [6, 6.07) is 18.8. The van der Waals surface area contributed by atoms with Crippen LogP contribution in [-0.2, 0) is 5.60 Å². The number of rotatable bonds is 9. The molecule has 0 aliphatic carbocycles. The lowest BCUT2D eigenvalue weighted by atomic mass is 9.72. The van der Waals surface area contributed by atoms with Gasteiger partial charge in [-0.3, -0.25) is 0 Å². The Morgan fingerprint density at radius 3 is 2.00 bits per heavy atom. The van der Waals surface area contributed by atoms with E-state index < -0.39 is 5.60 Å². The zero-order valence-corrected chi connectivity index (χ0v) is 20.9. The van der Waals surface area contributed by atoms with Crippen molar-refractivity contribution in [3.8, 4) is 5.75 Å². The van der Waals surface area contributed by atoms with Crippen molar-refractivity contribution in [2.24, 2.45) is 5.92 Å². The molecule has 0 radical (unpaired) electrons. The highest BCUT2D eigenvalue weighted by molar-refractivity contribution is 5.88. The van der Waals surface area contributed by atoms with Crippen LogP contribution >= 0.6 is 0 Å². The standard InChI is InChI=1S/C29H33F2N3O3/c1-32-28(35)33-26-11-13-27(14-12-26)37-20-2-17-34-18-15-23(16-19-34)29(36,21-3-7-24(30)8-4-21)22-5-9-25(31)10-6-22/h3-14,23,36H,2,15-20H2,1H3,(H2,32,33,35). The minimum Gasteiger partial charge on any atom is -0.494 e. The molecule has 1 aliphatic rings. The molecule has 0 spiro atoms. The number of ether oxygens (including phenoxy) is 1. The highest BCUT2D eigenvalue weighted by Crippen LogP contribution is 2.42. The van der Waals surface area contributed by atoms with Crippen LogP contribution in [0.4, 0.5) is 19.3 Å². The summed E-state index contributed by atoms with van der Waals surface area (Å²) in [4.78, 5) is 13.7. The van der Waals surface area contributed by atoms with Crippen LogP contribution in [0.25, 0.3) is 0 Å². The maximum atomic E-state index is 13.6. The van der Waals surface area contributed by atoms with Gasteiger partial charge in [0.15, 0.2) is 0 Å². The number of hydrogen-bond acceptors (Lipinski definition) is 4. The van der Waals surface area contributed by atoms with E-state index in [0.717, 1.165) is 44.6 Å². The van der Waals surface area contributed by atoms with E-state index in [9.17, 15) is 18.7 Å². The second kappa shape index (κ2) is 12.2. The summed E-state index contributed by atoms with van der Waals surface area (Å²) in [6.45, 7) is 3.07. The third-order valence-corrected chi connectivity index (χ3v) is 6.97. The van der Waals surface area contributed by atoms with Crippen LogP contribution < -0.4 is 15.4 Å². The van der Waals surface area contributed by atoms with E-state index in [0.29, 0.717) is 23.4 Å². The first-order chi connectivity index (χ1) is 17.9. The highest BCUT2D eigenvalue weighted by Gasteiger charge is 2.41. The smallest absolute Gasteiger partial charge is 0.318 e. The van der Waals surface area contributed by atoms with E-state index in [2.05, 4.69) is 15.5 Å². The van der Waals surface area contributed by atoms with Crippen molar-refractivity contribution >= 4 is 11.7 Å². The summed E-state index contributed by atoms with van der Waals surface area (Å²) >= 11 is 0. The first-order valence-corrected chi connectivity index (χ1v) is 12.6. The Morgan fingerprint density at radius 1 is 0.946 bits per heavy atom. The molecule has 0 saturated carbocycles. The van der Waals surface area contributed by atoms with Crippen LogP contribution in [0.2, 0.25) is 0 Å². The Bertz CT molecular complexity index is 1100. The van der Waals surface area contributed by atoms with E-state index >= 15 is 0 Å². The summed E-state index contributed by atoms with van der Waals surface area (Å²) in [5.74, 6) is -0.0693. The molecular formula is C29H33F2N3O3. The minimum absolute atomic E-state index is 0.0853. The summed E-state index contributed by atoms with van der Waals surface area (Å²) < 4.78 is 33.0. The molecule has 3 aromatic carbocycles. The van der Waals surface area contributed by atoms with Crippen molar-refractivity contribution < 1.29 is 23.4 Å². The molecule has 4 rings (SSSR count). The van der Waals surface area contributed by atoms with E-state index in [1.807, 2.05) is 12.1 Å². The summed E-state index contributed by atoms with van der Waals surface area (Å²) in [5.41, 5.74) is 0.596. The quantitative estimate of drug-likeness (QED) is 0.350. The molecule has 3 N–H and O–H groups in total. The van der Waals surface area contributed by atoms with Gasteiger partial charge in [-0.25, -0.2) is 13.6 Å². The Kier molecular flexibility index (Phi) is 8.74. The van der Waals surface area contributed by atoms with Crippen LogP contribution in [0, 0.1) is 17.6 Å². The van der Waals surface area contributed by atoms with Gasteiger partial charge in [0.25, 0.3) is 0 Å². The first-order valence-electron chi connectivity index (χ1n) is 12.6. The van der Waals surface area contributed by atoms with Crippen LogP contribution in [0.15, 0.2) is 72.8 Å². The van der Waals surface area contributed by atoms with E-state index in [4.69, 9.17) is 4.74 Å². The molecule has 1 fully saturated rings. The number of amides is 2. The lowest BCUT2D eigenvalue weighted by molar-refractivity contribution is -0.0147. The molecule has 37 heavy (non-hydrogen) atoms. The van der Waals surface area contributed by atoms with Gasteiger partial charge >= 0.3 is 6.03 Å². The molecule has 1 heterocycles. The Hall–Kier alpha value is -3.49. The van der Waals surface area contributed by atoms with Gasteiger partial charge in [0, 0.05) is 19.3 Å². The third-order valence-electron chi connectivity index (χ3n) is 6.97. The van der Waals surface area contributed by atoms with Crippen molar-refractivity contribution in [3.63, 3.8) is 0 Å². The van der Waals surface area contributed by atoms with Crippen LogP contribution in [-0.4, -0.2) is 49.3 Å². The minimum atomic E-state index is -1.32. The molecule has 0 bridgehead atoms. The number of likely N-dealkylation sites (tertiary alicyclic amines) is 1. The second-order valence-corrected chi connectivity index (χ2v) is 9.33. The average Bonchev–Trinajstić information content (AvgIpc) is 2.92. The number of carbonyl (C=O) groups excluding carboxylic acids is 1. The zero-order chi connectivity index (χ0) is 26.3. The summed E-state index contributed by atoms with van der Waals surface area (Å²) in [5, 5.41) is 17.2. The van der Waals surface area contributed by atoms with E-state index in [1.165, 1.54) is 24.3 Å². The predicted molar refractivity (Wildman–Crippen MR) is 140 cm³/mol. The Balaban J connectivity index is 1.30. The molecular weight excluding hydrogens is 476 g/mol. The number of piperidine rings is 1. The van der Waals surface area contributed by atoms with Crippen molar-refractivity contribution in [2.75, 3.05) is 38.6 Å². The first kappa shape index (κ1) is 26.6. The summed E-state index contributed by atoms with van der Waals surface area (Å²) in [6.07, 6.45) is 2.36. The highest BCUT2D eigenvalue weighted by atomic mass is 19.1. The fourth-order valence-corrected chi connectivity index (χ4v) is 4.93. The molecule has 1 saturated heterocycles. The Morgan fingerprint density at radius 2 is 1.49 bits per heavy atom. The van der Waals surface area contributed by atoms with Crippen LogP contribution in [0.1, 0.15) is 30.4 Å². The lowest BCUT2D eigenvalue weighted by Gasteiger charge is -2.42. The van der Waals surface area contributed by atoms with Gasteiger partial charge in [-0.15, -0.1) is 0 Å².